The van der Waals surface area contributed by atoms with Crippen LogP contribution in [0.4, 0.5) is 0 Å². The van der Waals surface area contributed by atoms with Crippen molar-refractivity contribution < 1.29 is 0 Å². The van der Waals surface area contributed by atoms with E-state index in [-0.39, 0.29) is 0 Å². The van der Waals surface area contributed by atoms with Gasteiger partial charge in [0.25, 0.3) is 0 Å². The smallest absolute Gasteiger partial charge is 0.0344 e. The Bertz CT molecular complexity index is 144. The second-order valence-electron chi connectivity index (χ2n) is 3.96. The van der Waals surface area contributed by atoms with Gasteiger partial charge in [0.1, 0.15) is 0 Å². The van der Waals surface area contributed by atoms with Crippen molar-refractivity contribution in [1.29, 1.82) is 0 Å². The molecule has 0 aromatic heterocycles. The van der Waals surface area contributed by atoms with Crippen molar-refractivity contribution in [3.63, 3.8) is 0 Å². The maximum atomic E-state index is 5.92. The van der Waals surface area contributed by atoms with Crippen molar-refractivity contribution in [2.75, 3.05) is 31.6 Å². The average molecular weight is 202 g/mol. The number of likely N-dealkylation sites (N-methyl/N-ethyl adjacent to an activating group) is 1. The first-order chi connectivity index (χ1) is 6.25. The molecule has 0 bridgehead atoms. The van der Waals surface area contributed by atoms with Crippen LogP contribution in [0.3, 0.4) is 0 Å². The van der Waals surface area contributed by atoms with Gasteiger partial charge in [-0.2, -0.15) is 11.8 Å². The number of hydrogen-bond acceptors (Lipinski definition) is 3. The Labute approximate surface area is 86.2 Å². The predicted molar refractivity (Wildman–Crippen MR) is 61.3 cm³/mol. The molecule has 0 spiro atoms. The third kappa shape index (κ3) is 2.61. The van der Waals surface area contributed by atoms with Crippen LogP contribution in [0, 0.1) is 0 Å². The molecule has 1 aliphatic rings. The third-order valence-corrected chi connectivity index (χ3v) is 4.16. The molecule has 0 aromatic rings. The van der Waals surface area contributed by atoms with Crippen LogP contribution in [-0.4, -0.2) is 42.1 Å². The molecule has 0 aliphatic carbocycles. The van der Waals surface area contributed by atoms with Crippen LogP contribution in [0.2, 0.25) is 0 Å². The summed E-state index contributed by atoms with van der Waals surface area (Å²) in [6, 6.07) is 0. The quantitative estimate of drug-likeness (QED) is 0.750. The van der Waals surface area contributed by atoms with Gasteiger partial charge in [-0.25, -0.2) is 0 Å². The lowest BCUT2D eigenvalue weighted by molar-refractivity contribution is 0.115. The minimum atomic E-state index is 0.321. The van der Waals surface area contributed by atoms with E-state index in [9.17, 15) is 0 Å². The maximum absolute atomic E-state index is 5.92. The van der Waals surface area contributed by atoms with Gasteiger partial charge in [0.05, 0.1) is 0 Å². The molecular weight excluding hydrogens is 180 g/mol. The van der Waals surface area contributed by atoms with E-state index in [4.69, 9.17) is 5.73 Å². The van der Waals surface area contributed by atoms with Crippen LogP contribution in [-0.2, 0) is 0 Å². The van der Waals surface area contributed by atoms with Crippen LogP contribution in [0.25, 0.3) is 0 Å². The summed E-state index contributed by atoms with van der Waals surface area (Å²) in [5, 5.41) is 0. The van der Waals surface area contributed by atoms with Crippen molar-refractivity contribution in [1.82, 2.24) is 4.90 Å². The molecule has 0 atom stereocenters. The van der Waals surface area contributed by atoms with E-state index in [2.05, 4.69) is 30.6 Å². The minimum Gasteiger partial charge on any atom is -0.329 e. The average Bonchev–Trinajstić information content (AvgIpc) is 2.19. The van der Waals surface area contributed by atoms with Crippen molar-refractivity contribution in [3.8, 4) is 0 Å². The Morgan fingerprint density at radius 2 is 2.00 bits per heavy atom. The maximum Gasteiger partial charge on any atom is 0.0344 e. The molecule has 0 amide bonds. The Balaban J connectivity index is 2.55. The molecule has 1 aliphatic heterocycles. The van der Waals surface area contributed by atoms with Gasteiger partial charge in [-0.3, -0.25) is 4.90 Å². The zero-order chi connectivity index (χ0) is 9.73. The lowest BCUT2D eigenvalue weighted by Crippen LogP contribution is -2.54. The minimum absolute atomic E-state index is 0.321. The van der Waals surface area contributed by atoms with Crippen molar-refractivity contribution in [3.05, 3.63) is 0 Å². The molecule has 0 unspecified atom stereocenters. The van der Waals surface area contributed by atoms with Gasteiger partial charge in [0.15, 0.2) is 0 Å². The highest BCUT2D eigenvalue weighted by Gasteiger charge is 2.34. The predicted octanol–water partition coefficient (Wildman–Crippen LogP) is 1.55. The van der Waals surface area contributed by atoms with Crippen LogP contribution < -0.4 is 5.73 Å². The fourth-order valence-corrected chi connectivity index (χ4v) is 3.32. The lowest BCUT2D eigenvalue weighted by Gasteiger charge is -2.43. The fraction of sp³-hybridized carbons (Fsp3) is 1.00. The van der Waals surface area contributed by atoms with Crippen LogP contribution in [0.1, 0.15) is 26.2 Å². The Hall–Kier alpha value is 0.270. The molecule has 2 nitrogen and oxygen atoms in total. The summed E-state index contributed by atoms with van der Waals surface area (Å²) in [5.41, 5.74) is 6.24. The van der Waals surface area contributed by atoms with E-state index < -0.39 is 0 Å². The summed E-state index contributed by atoms with van der Waals surface area (Å²) in [6.07, 6.45) is 3.76. The number of hydrogen-bond donors (Lipinski definition) is 1. The number of nitrogens with zero attached hydrogens (tertiary/aromatic N) is 1. The largest absolute Gasteiger partial charge is 0.329 e. The normalized spacial score (nSPS) is 22.2. The summed E-state index contributed by atoms with van der Waals surface area (Å²) >= 11 is 2.07. The Morgan fingerprint density at radius 3 is 2.46 bits per heavy atom. The second kappa shape index (κ2) is 5.23. The van der Waals surface area contributed by atoms with Crippen LogP contribution in [0.5, 0.6) is 0 Å². The Morgan fingerprint density at radius 1 is 1.38 bits per heavy atom. The molecule has 13 heavy (non-hydrogen) atoms. The third-order valence-electron chi connectivity index (χ3n) is 3.17. The molecule has 1 fully saturated rings. The first kappa shape index (κ1) is 11.3. The van der Waals surface area contributed by atoms with E-state index >= 15 is 0 Å². The first-order valence-electron chi connectivity index (χ1n) is 5.24. The highest BCUT2D eigenvalue weighted by atomic mass is 32.2. The van der Waals surface area contributed by atoms with Crippen molar-refractivity contribution >= 4 is 11.8 Å². The SMILES string of the molecule is CCCN(C)C1(CN)CCSCC1. The molecule has 1 rings (SSSR count). The van der Waals surface area contributed by atoms with Crippen molar-refractivity contribution in [2.45, 2.75) is 31.7 Å². The van der Waals surface area contributed by atoms with E-state index in [0.717, 1.165) is 6.54 Å². The molecule has 3 heteroatoms. The van der Waals surface area contributed by atoms with Crippen molar-refractivity contribution in [2.24, 2.45) is 5.73 Å². The van der Waals surface area contributed by atoms with Gasteiger partial charge in [-0.05, 0) is 44.4 Å². The molecule has 1 saturated heterocycles. The first-order valence-corrected chi connectivity index (χ1v) is 6.40. The lowest BCUT2D eigenvalue weighted by atomic mass is 9.90. The summed E-state index contributed by atoms with van der Waals surface area (Å²) in [7, 11) is 2.23. The van der Waals surface area contributed by atoms with E-state index in [1.54, 1.807) is 0 Å². The van der Waals surface area contributed by atoms with Gasteiger partial charge >= 0.3 is 0 Å². The standard InChI is InChI=1S/C10H22N2S/c1-3-6-12(2)10(9-11)4-7-13-8-5-10/h3-9,11H2,1-2H3. The monoisotopic (exact) mass is 202 g/mol. The van der Waals surface area contributed by atoms with Crippen LogP contribution >= 0.6 is 11.8 Å². The van der Waals surface area contributed by atoms with E-state index in [1.807, 2.05) is 0 Å². The second-order valence-corrected chi connectivity index (χ2v) is 5.19. The molecule has 2 N–H and O–H groups in total. The number of rotatable bonds is 4. The topological polar surface area (TPSA) is 29.3 Å². The zero-order valence-electron chi connectivity index (χ0n) is 8.88. The van der Waals surface area contributed by atoms with Gasteiger partial charge in [0.2, 0.25) is 0 Å². The number of thioether (sulfide) groups is 1. The van der Waals surface area contributed by atoms with Gasteiger partial charge < -0.3 is 5.73 Å². The highest BCUT2D eigenvalue weighted by Crippen LogP contribution is 2.30. The van der Waals surface area contributed by atoms with Gasteiger partial charge in [-0.15, -0.1) is 0 Å². The summed E-state index contributed by atoms with van der Waals surface area (Å²) < 4.78 is 0. The summed E-state index contributed by atoms with van der Waals surface area (Å²) in [4.78, 5) is 2.48. The molecule has 0 aromatic carbocycles. The Kier molecular flexibility index (Phi) is 4.56. The molecular formula is C10H22N2S. The van der Waals surface area contributed by atoms with E-state index in [1.165, 1.54) is 37.3 Å². The molecule has 78 valence electrons. The van der Waals surface area contributed by atoms with E-state index in [0.29, 0.717) is 5.54 Å². The summed E-state index contributed by atoms with van der Waals surface area (Å²) in [6.45, 7) is 4.24. The summed E-state index contributed by atoms with van der Waals surface area (Å²) in [5.74, 6) is 2.57. The molecule has 0 saturated carbocycles. The van der Waals surface area contributed by atoms with Crippen LogP contribution in [0.15, 0.2) is 0 Å². The fourth-order valence-electron chi connectivity index (χ4n) is 2.07. The molecule has 1 heterocycles. The highest BCUT2D eigenvalue weighted by molar-refractivity contribution is 7.99. The molecule has 0 radical (unpaired) electrons. The van der Waals surface area contributed by atoms with Gasteiger partial charge in [0, 0.05) is 12.1 Å². The zero-order valence-corrected chi connectivity index (χ0v) is 9.70. The van der Waals surface area contributed by atoms with Gasteiger partial charge in [-0.1, -0.05) is 6.92 Å². The number of nitrogens with two attached hydrogens (primary N) is 1.